The molecule has 0 aliphatic rings. The first-order valence-corrected chi connectivity index (χ1v) is 10.3. The van der Waals surface area contributed by atoms with Gasteiger partial charge < -0.3 is 9.88 Å². The minimum atomic E-state index is -3.28. The van der Waals surface area contributed by atoms with E-state index in [1.165, 1.54) is 7.05 Å². The number of aromatic nitrogens is 2. The normalized spacial score (nSPS) is 11.6. The van der Waals surface area contributed by atoms with E-state index in [1.54, 1.807) is 18.5 Å². The summed E-state index contributed by atoms with van der Waals surface area (Å²) in [5.41, 5.74) is 3.55. The lowest BCUT2D eigenvalue weighted by atomic mass is 10.1. The van der Waals surface area contributed by atoms with Crippen molar-refractivity contribution in [1.82, 2.24) is 19.6 Å². The molecule has 2 N–H and O–H groups in total. The molecule has 0 unspecified atom stereocenters. The van der Waals surface area contributed by atoms with Crippen molar-refractivity contribution in [2.45, 2.75) is 25.3 Å². The average molecular weight is 386 g/mol. The Bertz CT molecular complexity index is 1030. The van der Waals surface area contributed by atoms with Gasteiger partial charge in [0.05, 0.1) is 23.1 Å². The summed E-state index contributed by atoms with van der Waals surface area (Å²) in [5, 5.41) is 2.89. The van der Waals surface area contributed by atoms with Gasteiger partial charge in [0.25, 0.3) is 0 Å². The van der Waals surface area contributed by atoms with Crippen molar-refractivity contribution in [3.8, 4) is 0 Å². The van der Waals surface area contributed by atoms with Gasteiger partial charge in [-0.3, -0.25) is 4.79 Å². The maximum atomic E-state index is 12.1. The molecule has 0 bridgehead atoms. The highest BCUT2D eigenvalue weighted by Gasteiger charge is 2.09. The number of carbonyl (C=O) groups excluding carboxylic acids is 1. The highest BCUT2D eigenvalue weighted by Crippen LogP contribution is 2.12. The summed E-state index contributed by atoms with van der Waals surface area (Å²) in [6, 6.07) is 15.0. The quantitative estimate of drug-likeness (QED) is 0.617. The summed E-state index contributed by atoms with van der Waals surface area (Å²) in [6.45, 7) is 0.968. The lowest BCUT2D eigenvalue weighted by Gasteiger charge is -2.08. The van der Waals surface area contributed by atoms with Gasteiger partial charge in [-0.25, -0.2) is 18.1 Å². The van der Waals surface area contributed by atoms with E-state index in [2.05, 4.69) is 15.0 Å². The summed E-state index contributed by atoms with van der Waals surface area (Å²) >= 11 is 0. The first-order chi connectivity index (χ1) is 13.0. The Labute approximate surface area is 158 Å². The third kappa shape index (κ3) is 5.15. The molecule has 0 fully saturated rings. The number of nitrogens with one attached hydrogen (secondary N) is 2. The van der Waals surface area contributed by atoms with Crippen LogP contribution in [0.3, 0.4) is 0 Å². The number of imidazole rings is 1. The second-order valence-electron chi connectivity index (χ2n) is 6.23. The Morgan fingerprint density at radius 2 is 1.78 bits per heavy atom. The molecule has 0 aliphatic carbocycles. The molecule has 0 saturated heterocycles. The van der Waals surface area contributed by atoms with Gasteiger partial charge in [0.1, 0.15) is 0 Å². The smallest absolute Gasteiger partial charge is 0.222 e. The van der Waals surface area contributed by atoms with Gasteiger partial charge in [0.2, 0.25) is 15.9 Å². The molecule has 0 radical (unpaired) electrons. The van der Waals surface area contributed by atoms with Crippen molar-refractivity contribution in [3.05, 3.63) is 66.0 Å². The van der Waals surface area contributed by atoms with Crippen molar-refractivity contribution in [1.29, 1.82) is 0 Å². The highest BCUT2D eigenvalue weighted by atomic mass is 32.2. The number of carbonyl (C=O) groups is 1. The van der Waals surface area contributed by atoms with Crippen molar-refractivity contribution in [2.24, 2.45) is 0 Å². The van der Waals surface area contributed by atoms with Crippen LogP contribution in [0.2, 0.25) is 0 Å². The number of aryl methyl sites for hydroxylation is 1. The first kappa shape index (κ1) is 19.1. The SMILES string of the molecule is CNS(=O)(=O)Cc1ccc(CNC(=O)CCn2cnc3ccccc32)cc1. The minimum absolute atomic E-state index is 0.0466. The Kier molecular flexibility index (Phi) is 5.88. The van der Waals surface area contributed by atoms with Crippen molar-refractivity contribution < 1.29 is 13.2 Å². The molecule has 27 heavy (non-hydrogen) atoms. The fourth-order valence-corrected chi connectivity index (χ4v) is 3.52. The molecule has 8 heteroatoms. The molecule has 1 heterocycles. The summed E-state index contributed by atoms with van der Waals surface area (Å²) in [5.74, 6) is -0.107. The Morgan fingerprint density at radius 1 is 1.07 bits per heavy atom. The molecule has 3 aromatic rings. The number of nitrogens with zero attached hydrogens (tertiary/aromatic N) is 2. The van der Waals surface area contributed by atoms with Gasteiger partial charge in [-0.05, 0) is 30.3 Å². The van der Waals surface area contributed by atoms with Gasteiger partial charge in [0, 0.05) is 19.5 Å². The van der Waals surface area contributed by atoms with E-state index < -0.39 is 10.0 Å². The molecule has 1 aromatic heterocycles. The Balaban J connectivity index is 1.49. The zero-order chi connectivity index (χ0) is 19.3. The summed E-state index contributed by atoms with van der Waals surface area (Å²) in [4.78, 5) is 16.4. The lowest BCUT2D eigenvalue weighted by molar-refractivity contribution is -0.121. The maximum absolute atomic E-state index is 12.1. The van der Waals surface area contributed by atoms with Gasteiger partial charge in [0.15, 0.2) is 0 Å². The number of benzene rings is 2. The maximum Gasteiger partial charge on any atom is 0.222 e. The van der Waals surface area contributed by atoms with E-state index in [0.717, 1.165) is 16.6 Å². The molecular formula is C19H22N4O3S. The molecule has 1 amide bonds. The highest BCUT2D eigenvalue weighted by molar-refractivity contribution is 7.88. The summed E-state index contributed by atoms with van der Waals surface area (Å²) < 4.78 is 27.3. The van der Waals surface area contributed by atoms with Gasteiger partial charge in [-0.15, -0.1) is 0 Å². The van der Waals surface area contributed by atoms with Crippen LogP contribution in [-0.2, 0) is 33.7 Å². The predicted molar refractivity (Wildman–Crippen MR) is 104 cm³/mol. The van der Waals surface area contributed by atoms with Crippen LogP contribution in [0.5, 0.6) is 0 Å². The van der Waals surface area contributed by atoms with Crippen molar-refractivity contribution in [2.75, 3.05) is 7.05 Å². The average Bonchev–Trinajstić information content (AvgIpc) is 3.09. The largest absolute Gasteiger partial charge is 0.352 e. The second kappa shape index (κ2) is 8.32. The molecule has 3 rings (SSSR count). The van der Waals surface area contributed by atoms with E-state index in [9.17, 15) is 13.2 Å². The predicted octanol–water partition coefficient (Wildman–Crippen LogP) is 1.79. The van der Waals surface area contributed by atoms with Gasteiger partial charge in [-0.1, -0.05) is 36.4 Å². The minimum Gasteiger partial charge on any atom is -0.352 e. The third-order valence-corrected chi connectivity index (χ3v) is 5.62. The number of rotatable bonds is 8. The standard InChI is InChI=1S/C19H22N4O3S/c1-20-27(25,26)13-16-8-6-15(7-9-16)12-21-19(24)10-11-23-14-22-17-4-2-3-5-18(17)23/h2-9,14,20H,10-13H2,1H3,(H,21,24). The molecule has 2 aromatic carbocycles. The number of fused-ring (bicyclic) bond motifs is 1. The monoisotopic (exact) mass is 386 g/mol. The van der Waals surface area contributed by atoms with Crippen LogP contribution >= 0.6 is 0 Å². The van der Waals surface area contributed by atoms with Crippen LogP contribution in [-0.4, -0.2) is 30.9 Å². The number of sulfonamides is 1. The van der Waals surface area contributed by atoms with E-state index in [-0.39, 0.29) is 11.7 Å². The second-order valence-corrected chi connectivity index (χ2v) is 8.16. The van der Waals surface area contributed by atoms with Crippen LogP contribution in [0.1, 0.15) is 17.5 Å². The van der Waals surface area contributed by atoms with Gasteiger partial charge in [-0.2, -0.15) is 0 Å². The van der Waals surface area contributed by atoms with Crippen molar-refractivity contribution >= 4 is 27.0 Å². The van der Waals surface area contributed by atoms with Gasteiger partial charge >= 0.3 is 0 Å². The first-order valence-electron chi connectivity index (χ1n) is 8.62. The number of hydrogen-bond acceptors (Lipinski definition) is 4. The van der Waals surface area contributed by atoms with Crippen LogP contribution in [0, 0.1) is 0 Å². The Hall–Kier alpha value is -2.71. The van der Waals surface area contributed by atoms with E-state index in [0.29, 0.717) is 25.1 Å². The van der Waals surface area contributed by atoms with E-state index in [1.807, 2.05) is 41.0 Å². The lowest BCUT2D eigenvalue weighted by Crippen LogP contribution is -2.24. The van der Waals surface area contributed by atoms with Crippen LogP contribution in [0.25, 0.3) is 11.0 Å². The van der Waals surface area contributed by atoms with Crippen LogP contribution in [0.4, 0.5) is 0 Å². The molecule has 0 spiro atoms. The third-order valence-electron chi connectivity index (χ3n) is 4.29. The van der Waals surface area contributed by atoms with E-state index >= 15 is 0 Å². The Morgan fingerprint density at radius 3 is 2.52 bits per heavy atom. The molecular weight excluding hydrogens is 364 g/mol. The summed E-state index contributed by atoms with van der Waals surface area (Å²) in [6.07, 6.45) is 2.11. The molecule has 142 valence electrons. The molecule has 0 atom stereocenters. The molecule has 0 saturated carbocycles. The fourth-order valence-electron chi connectivity index (χ4n) is 2.74. The van der Waals surface area contributed by atoms with Crippen LogP contribution in [0.15, 0.2) is 54.9 Å². The number of amides is 1. The topological polar surface area (TPSA) is 93.1 Å². The number of hydrogen-bond donors (Lipinski definition) is 2. The fraction of sp³-hybridized carbons (Fsp3) is 0.263. The molecule has 7 nitrogen and oxygen atoms in total. The molecule has 0 aliphatic heterocycles. The zero-order valence-electron chi connectivity index (χ0n) is 15.1. The van der Waals surface area contributed by atoms with Crippen LogP contribution < -0.4 is 10.0 Å². The number of para-hydroxylation sites is 2. The zero-order valence-corrected chi connectivity index (χ0v) is 15.9. The van der Waals surface area contributed by atoms with Crippen molar-refractivity contribution in [3.63, 3.8) is 0 Å². The summed E-state index contributed by atoms with van der Waals surface area (Å²) in [7, 11) is -1.89. The van der Waals surface area contributed by atoms with E-state index in [4.69, 9.17) is 0 Å².